The minimum Gasteiger partial charge on any atom is -0.490 e. The number of carbonyl (C=O) groups is 1. The van der Waals surface area contributed by atoms with Crippen LogP contribution < -0.4 is 14.2 Å². The van der Waals surface area contributed by atoms with Gasteiger partial charge in [0.1, 0.15) is 11.8 Å². The summed E-state index contributed by atoms with van der Waals surface area (Å²) in [6.45, 7) is 4.88. The van der Waals surface area contributed by atoms with Gasteiger partial charge in [0, 0.05) is 5.56 Å². The second-order valence-corrected chi connectivity index (χ2v) is 6.19. The molecule has 0 amide bonds. The van der Waals surface area contributed by atoms with Gasteiger partial charge < -0.3 is 14.2 Å². The van der Waals surface area contributed by atoms with Crippen LogP contribution in [0.1, 0.15) is 36.2 Å². The Morgan fingerprint density at radius 1 is 1.14 bits per heavy atom. The highest BCUT2D eigenvalue weighted by atomic mass is 35.5. The maximum absolute atomic E-state index is 12.4. The number of hydrogen-bond acceptors (Lipinski definition) is 5. The molecule has 2 rings (SSSR count). The van der Waals surface area contributed by atoms with Crippen LogP contribution in [0, 0.1) is 11.3 Å². The zero-order valence-corrected chi connectivity index (χ0v) is 16.7. The first-order valence-electron chi connectivity index (χ1n) is 9.00. The fraction of sp³-hybridized carbons (Fsp3) is 0.273. The van der Waals surface area contributed by atoms with Crippen molar-refractivity contribution in [2.24, 2.45) is 0 Å². The Balaban J connectivity index is 2.16. The lowest BCUT2D eigenvalue weighted by Gasteiger charge is -2.14. The van der Waals surface area contributed by atoms with Crippen LogP contribution in [0.25, 0.3) is 6.08 Å². The lowest BCUT2D eigenvalue weighted by atomic mass is 10.1. The molecule has 0 N–H and O–H groups in total. The molecule has 0 radical (unpaired) electrons. The van der Waals surface area contributed by atoms with E-state index >= 15 is 0 Å². The summed E-state index contributed by atoms with van der Waals surface area (Å²) < 4.78 is 16.5. The standard InChI is InChI=1S/C22H22ClNO4/c1-3-12-28-22-19(23)14-16(15-21(22)26-4-2)5-10-20(25)17-6-8-18(9-7-17)27-13-11-24/h5-10,14-15H,3-4,12-13H2,1-2H3/b10-5+. The molecule has 0 aliphatic rings. The van der Waals surface area contributed by atoms with Gasteiger partial charge in [0.15, 0.2) is 23.9 Å². The largest absolute Gasteiger partial charge is 0.490 e. The monoisotopic (exact) mass is 399 g/mol. The quantitative estimate of drug-likeness (QED) is 0.399. The van der Waals surface area contributed by atoms with Gasteiger partial charge in [0.25, 0.3) is 0 Å². The van der Waals surface area contributed by atoms with Crippen LogP contribution in [-0.4, -0.2) is 25.6 Å². The van der Waals surface area contributed by atoms with E-state index in [-0.39, 0.29) is 12.4 Å². The van der Waals surface area contributed by atoms with Crippen molar-refractivity contribution in [2.75, 3.05) is 19.8 Å². The van der Waals surface area contributed by atoms with Gasteiger partial charge in [0.2, 0.25) is 0 Å². The number of benzene rings is 2. The highest BCUT2D eigenvalue weighted by molar-refractivity contribution is 6.32. The molecule has 0 bridgehead atoms. The first kappa shape index (κ1) is 21.3. The third kappa shape index (κ3) is 6.04. The van der Waals surface area contributed by atoms with Crippen LogP contribution in [0.3, 0.4) is 0 Å². The summed E-state index contributed by atoms with van der Waals surface area (Å²) in [7, 11) is 0. The van der Waals surface area contributed by atoms with Crippen LogP contribution >= 0.6 is 11.6 Å². The van der Waals surface area contributed by atoms with Crippen molar-refractivity contribution in [2.45, 2.75) is 20.3 Å². The summed E-state index contributed by atoms with van der Waals surface area (Å²) in [4.78, 5) is 12.4. The molecule has 0 spiro atoms. The van der Waals surface area contributed by atoms with Crippen LogP contribution in [0.15, 0.2) is 42.5 Å². The second-order valence-electron chi connectivity index (χ2n) is 5.78. The first-order chi connectivity index (χ1) is 13.6. The number of ether oxygens (including phenoxy) is 3. The molecule has 146 valence electrons. The van der Waals surface area contributed by atoms with Gasteiger partial charge in [-0.05, 0) is 61.4 Å². The Bertz CT molecular complexity index is 869. The van der Waals surface area contributed by atoms with Gasteiger partial charge in [-0.1, -0.05) is 24.6 Å². The lowest BCUT2D eigenvalue weighted by Crippen LogP contribution is -2.01. The molecule has 0 aliphatic heterocycles. The molecule has 0 atom stereocenters. The normalized spacial score (nSPS) is 10.5. The number of carbonyl (C=O) groups excluding carboxylic acids is 1. The van der Waals surface area contributed by atoms with E-state index in [2.05, 4.69) is 0 Å². The van der Waals surface area contributed by atoms with E-state index < -0.39 is 0 Å². The summed E-state index contributed by atoms with van der Waals surface area (Å²) >= 11 is 6.34. The SMILES string of the molecule is CCCOc1c(Cl)cc(/C=C/C(=O)c2ccc(OCC#N)cc2)cc1OCC. The maximum atomic E-state index is 12.4. The Morgan fingerprint density at radius 3 is 2.54 bits per heavy atom. The molecular weight excluding hydrogens is 378 g/mol. The number of hydrogen-bond donors (Lipinski definition) is 0. The van der Waals surface area contributed by atoms with E-state index in [0.29, 0.717) is 41.0 Å². The molecule has 0 fully saturated rings. The van der Waals surface area contributed by atoms with Gasteiger partial charge >= 0.3 is 0 Å². The van der Waals surface area contributed by atoms with E-state index in [4.69, 9.17) is 31.1 Å². The van der Waals surface area contributed by atoms with E-state index in [1.807, 2.05) is 19.9 Å². The van der Waals surface area contributed by atoms with Crippen LogP contribution in [0.2, 0.25) is 5.02 Å². The van der Waals surface area contributed by atoms with Crippen molar-refractivity contribution >= 4 is 23.5 Å². The summed E-state index contributed by atoms with van der Waals surface area (Å²) in [6, 6.07) is 12.0. The van der Waals surface area contributed by atoms with Crippen LogP contribution in [0.4, 0.5) is 0 Å². The molecule has 28 heavy (non-hydrogen) atoms. The average Bonchev–Trinajstić information content (AvgIpc) is 2.70. The molecule has 0 unspecified atom stereocenters. The van der Waals surface area contributed by atoms with Crippen molar-refractivity contribution in [1.29, 1.82) is 5.26 Å². The summed E-state index contributed by atoms with van der Waals surface area (Å²) in [5.41, 5.74) is 1.25. The molecule has 5 nitrogen and oxygen atoms in total. The molecule has 2 aromatic carbocycles. The first-order valence-corrected chi connectivity index (χ1v) is 9.38. The summed E-state index contributed by atoms with van der Waals surface area (Å²) in [6.07, 6.45) is 4.01. The van der Waals surface area contributed by atoms with Crippen molar-refractivity contribution in [3.63, 3.8) is 0 Å². The molecule has 0 aromatic heterocycles. The zero-order valence-electron chi connectivity index (χ0n) is 15.9. The van der Waals surface area contributed by atoms with Crippen LogP contribution in [-0.2, 0) is 0 Å². The van der Waals surface area contributed by atoms with Crippen molar-refractivity contribution < 1.29 is 19.0 Å². The minimum atomic E-state index is -0.160. The van der Waals surface area contributed by atoms with E-state index in [0.717, 1.165) is 12.0 Å². The van der Waals surface area contributed by atoms with Gasteiger partial charge in [-0.25, -0.2) is 0 Å². The van der Waals surface area contributed by atoms with E-state index in [1.165, 1.54) is 6.08 Å². The van der Waals surface area contributed by atoms with Gasteiger partial charge in [-0.15, -0.1) is 0 Å². The Labute approximate surface area is 170 Å². The molecule has 0 saturated heterocycles. The second kappa shape index (κ2) is 11.0. The Hall–Kier alpha value is -2.97. The number of nitriles is 1. The number of nitrogens with zero attached hydrogens (tertiary/aromatic N) is 1. The van der Waals surface area contributed by atoms with Crippen LogP contribution in [0.5, 0.6) is 17.2 Å². The number of allylic oxidation sites excluding steroid dienone is 1. The number of ketones is 1. The van der Waals surface area contributed by atoms with Gasteiger partial charge in [-0.3, -0.25) is 4.79 Å². The van der Waals surface area contributed by atoms with E-state index in [1.54, 1.807) is 42.5 Å². The number of rotatable bonds is 10. The predicted octanol–water partition coefficient (Wildman–Crippen LogP) is 5.33. The fourth-order valence-electron chi connectivity index (χ4n) is 2.39. The highest BCUT2D eigenvalue weighted by Gasteiger charge is 2.12. The molecule has 0 aliphatic carbocycles. The maximum Gasteiger partial charge on any atom is 0.185 e. The molecule has 0 heterocycles. The smallest absolute Gasteiger partial charge is 0.185 e. The lowest BCUT2D eigenvalue weighted by molar-refractivity contribution is 0.104. The third-order valence-electron chi connectivity index (χ3n) is 3.65. The van der Waals surface area contributed by atoms with Gasteiger partial charge in [-0.2, -0.15) is 5.26 Å². The number of halogens is 1. The topological polar surface area (TPSA) is 68.5 Å². The minimum absolute atomic E-state index is 0.0336. The predicted molar refractivity (Wildman–Crippen MR) is 109 cm³/mol. The van der Waals surface area contributed by atoms with E-state index in [9.17, 15) is 4.79 Å². The Kier molecular flexibility index (Phi) is 8.38. The summed E-state index contributed by atoms with van der Waals surface area (Å²) in [5, 5.41) is 8.95. The van der Waals surface area contributed by atoms with Crippen molar-refractivity contribution in [3.05, 3.63) is 58.6 Å². The van der Waals surface area contributed by atoms with Crippen molar-refractivity contribution in [3.8, 4) is 23.3 Å². The molecular formula is C22H22ClNO4. The molecule has 6 heteroatoms. The zero-order chi connectivity index (χ0) is 20.4. The molecule has 2 aromatic rings. The third-order valence-corrected chi connectivity index (χ3v) is 3.93. The highest BCUT2D eigenvalue weighted by Crippen LogP contribution is 2.37. The average molecular weight is 400 g/mol. The Morgan fingerprint density at radius 2 is 1.89 bits per heavy atom. The molecule has 0 saturated carbocycles. The fourth-order valence-corrected chi connectivity index (χ4v) is 2.66. The van der Waals surface area contributed by atoms with Crippen molar-refractivity contribution in [1.82, 2.24) is 0 Å². The van der Waals surface area contributed by atoms with Gasteiger partial charge in [0.05, 0.1) is 18.2 Å². The summed E-state index contributed by atoms with van der Waals surface area (Å²) in [5.74, 6) is 1.45.